The summed E-state index contributed by atoms with van der Waals surface area (Å²) in [5.74, 6) is 0. The van der Waals surface area contributed by atoms with Crippen LogP contribution in [0.15, 0.2) is 73.8 Å². The molecule has 0 aliphatic heterocycles. The fourth-order valence-electron chi connectivity index (χ4n) is 1.79. The Morgan fingerprint density at radius 2 is 1.45 bits per heavy atom. The fraction of sp³-hybridized carbons (Fsp3) is 0.200. The minimum absolute atomic E-state index is 0.0107. The number of nitro benzene ring substituents is 2. The number of nitrogens with zero attached hydrogens (tertiary/aromatic N) is 2. The van der Waals surface area contributed by atoms with Gasteiger partial charge in [-0.2, -0.15) is 0 Å². The van der Waals surface area contributed by atoms with Crippen molar-refractivity contribution in [2.75, 3.05) is 11.9 Å². The number of nitro groups is 2. The third-order valence-corrected chi connectivity index (χ3v) is 3.50. The van der Waals surface area contributed by atoms with Gasteiger partial charge in [-0.15, -0.1) is 13.2 Å². The van der Waals surface area contributed by atoms with Crippen molar-refractivity contribution in [3.05, 3.63) is 105 Å². The van der Waals surface area contributed by atoms with Crippen molar-refractivity contribution in [2.24, 2.45) is 0 Å². The molecule has 156 valence electrons. The number of non-ortho nitro benzene ring substituents is 2. The quantitative estimate of drug-likeness (QED) is 0.193. The Kier molecular flexibility index (Phi) is 14.5. The number of hydrogen-bond donors (Lipinski definition) is 1. The number of benzene rings is 2. The molecule has 0 bridgehead atoms. The van der Waals surface area contributed by atoms with E-state index in [0.29, 0.717) is 18.8 Å². The van der Waals surface area contributed by atoms with Gasteiger partial charge in [0.15, 0.2) is 0 Å². The normalized spacial score (nSPS) is 9.17. The van der Waals surface area contributed by atoms with Crippen molar-refractivity contribution in [1.82, 2.24) is 0 Å². The van der Waals surface area contributed by atoms with E-state index in [0.717, 1.165) is 10.9 Å². The lowest BCUT2D eigenvalue weighted by Crippen LogP contribution is -1.94. The van der Waals surface area contributed by atoms with Gasteiger partial charge >= 0.3 is 0 Å². The molecule has 0 aromatic heterocycles. The molecule has 29 heavy (non-hydrogen) atoms. The van der Waals surface area contributed by atoms with Crippen LogP contribution in [0.3, 0.4) is 0 Å². The lowest BCUT2D eigenvalue weighted by atomic mass is 10.2. The molecule has 1 N–H and O–H groups in total. The first-order valence-electron chi connectivity index (χ1n) is 8.32. The van der Waals surface area contributed by atoms with Crippen LogP contribution < -0.4 is 0 Å². The molecule has 0 saturated heterocycles. The topological polar surface area (TPSA) is 116 Å². The van der Waals surface area contributed by atoms with Gasteiger partial charge in [-0.3, -0.25) is 20.2 Å². The molecular formula is C20H23BrN2O6. The van der Waals surface area contributed by atoms with Gasteiger partial charge in [-0.25, -0.2) is 0 Å². The van der Waals surface area contributed by atoms with Crippen molar-refractivity contribution in [3.63, 3.8) is 0 Å². The van der Waals surface area contributed by atoms with E-state index in [4.69, 9.17) is 9.84 Å². The van der Waals surface area contributed by atoms with Crippen LogP contribution in [-0.4, -0.2) is 26.9 Å². The molecule has 2 rings (SSSR count). The van der Waals surface area contributed by atoms with Crippen LogP contribution in [0.2, 0.25) is 0 Å². The summed E-state index contributed by atoms with van der Waals surface area (Å²) in [6.07, 6.45) is 3.43. The second-order valence-electron chi connectivity index (χ2n) is 5.26. The van der Waals surface area contributed by atoms with Gasteiger partial charge in [-0.1, -0.05) is 52.3 Å². The van der Waals surface area contributed by atoms with Gasteiger partial charge in [0.25, 0.3) is 11.4 Å². The standard InChI is InChI=1S/C10H11NO3.C7H7NO3.C3H5Br/c1-2-6-14-8-9-4-3-5-10(7-9)11(12)13;9-5-6-2-1-3-7(4-6)8(10)11;1-2-3-4/h2-5,7H,1,6,8H2;1-4,9H,5H2;2H,1,3H2. The molecule has 0 saturated carbocycles. The average Bonchev–Trinajstić information content (AvgIpc) is 2.74. The second-order valence-corrected chi connectivity index (χ2v) is 5.91. The smallest absolute Gasteiger partial charge is 0.269 e. The zero-order chi connectivity index (χ0) is 22.1. The Balaban J connectivity index is 0.000000466. The molecule has 0 aliphatic rings. The Morgan fingerprint density at radius 3 is 1.86 bits per heavy atom. The Bertz CT molecular complexity index is 798. The SMILES string of the molecule is C=CCBr.C=CCOCc1cccc([N+](=O)[O-])c1.O=[N+]([O-])c1cccc(CO)c1. The number of rotatable bonds is 8. The average molecular weight is 467 g/mol. The molecule has 0 radical (unpaired) electrons. The van der Waals surface area contributed by atoms with Crippen molar-refractivity contribution in [3.8, 4) is 0 Å². The van der Waals surface area contributed by atoms with E-state index in [-0.39, 0.29) is 18.0 Å². The molecule has 0 atom stereocenters. The molecular weight excluding hydrogens is 444 g/mol. The van der Waals surface area contributed by atoms with E-state index in [1.54, 1.807) is 36.4 Å². The van der Waals surface area contributed by atoms with E-state index in [2.05, 4.69) is 29.1 Å². The summed E-state index contributed by atoms with van der Waals surface area (Å²) in [5.41, 5.74) is 1.45. The third-order valence-electron chi connectivity index (χ3n) is 3.04. The second kappa shape index (κ2) is 16.1. The van der Waals surface area contributed by atoms with E-state index < -0.39 is 9.85 Å². The van der Waals surface area contributed by atoms with Gasteiger partial charge in [0.2, 0.25) is 0 Å². The van der Waals surface area contributed by atoms with Gasteiger partial charge in [0.05, 0.1) is 29.7 Å². The molecule has 9 heteroatoms. The highest BCUT2D eigenvalue weighted by atomic mass is 79.9. The highest BCUT2D eigenvalue weighted by Crippen LogP contribution is 2.14. The maximum Gasteiger partial charge on any atom is 0.269 e. The monoisotopic (exact) mass is 466 g/mol. The molecule has 0 unspecified atom stereocenters. The van der Waals surface area contributed by atoms with Crippen LogP contribution in [0, 0.1) is 20.2 Å². The Hall–Kier alpha value is -2.88. The summed E-state index contributed by atoms with van der Waals surface area (Å²) in [6, 6.07) is 12.3. The zero-order valence-corrected chi connectivity index (χ0v) is 17.4. The van der Waals surface area contributed by atoms with Crippen LogP contribution >= 0.6 is 15.9 Å². The molecule has 0 fully saturated rings. The fourth-order valence-corrected chi connectivity index (χ4v) is 1.79. The van der Waals surface area contributed by atoms with Crippen molar-refractivity contribution >= 4 is 27.3 Å². The van der Waals surface area contributed by atoms with Gasteiger partial charge in [0, 0.05) is 29.6 Å². The van der Waals surface area contributed by atoms with Crippen molar-refractivity contribution < 1.29 is 19.7 Å². The molecule has 2 aromatic rings. The predicted molar refractivity (Wildman–Crippen MR) is 116 cm³/mol. The number of aliphatic hydroxyl groups excluding tert-OH is 1. The minimum atomic E-state index is -0.487. The van der Waals surface area contributed by atoms with Gasteiger partial charge in [-0.05, 0) is 11.1 Å². The van der Waals surface area contributed by atoms with Crippen LogP contribution in [-0.2, 0) is 18.0 Å². The molecule has 2 aromatic carbocycles. The van der Waals surface area contributed by atoms with E-state index in [1.807, 2.05) is 0 Å². The lowest BCUT2D eigenvalue weighted by Gasteiger charge is -2.00. The third kappa shape index (κ3) is 12.2. The summed E-state index contributed by atoms with van der Waals surface area (Å²) in [7, 11) is 0. The predicted octanol–water partition coefficient (Wildman–Crippen LogP) is 4.95. The summed E-state index contributed by atoms with van der Waals surface area (Å²) < 4.78 is 5.16. The van der Waals surface area contributed by atoms with Crippen LogP contribution in [0.4, 0.5) is 11.4 Å². The van der Waals surface area contributed by atoms with Crippen LogP contribution in [0.1, 0.15) is 11.1 Å². The van der Waals surface area contributed by atoms with E-state index >= 15 is 0 Å². The Morgan fingerprint density at radius 1 is 0.966 bits per heavy atom. The number of alkyl halides is 1. The summed E-state index contributed by atoms with van der Waals surface area (Å²) in [6.45, 7) is 7.59. The summed E-state index contributed by atoms with van der Waals surface area (Å²) in [4.78, 5) is 19.7. The largest absolute Gasteiger partial charge is 0.392 e. The maximum atomic E-state index is 10.4. The zero-order valence-electron chi connectivity index (χ0n) is 15.8. The first-order valence-corrected chi connectivity index (χ1v) is 9.44. The number of aliphatic hydroxyl groups is 1. The number of hydrogen-bond acceptors (Lipinski definition) is 6. The van der Waals surface area contributed by atoms with Crippen LogP contribution in [0.25, 0.3) is 0 Å². The maximum absolute atomic E-state index is 10.4. The van der Waals surface area contributed by atoms with Crippen molar-refractivity contribution in [2.45, 2.75) is 13.2 Å². The highest BCUT2D eigenvalue weighted by molar-refractivity contribution is 9.09. The van der Waals surface area contributed by atoms with Crippen LogP contribution in [0.5, 0.6) is 0 Å². The van der Waals surface area contributed by atoms with Crippen molar-refractivity contribution in [1.29, 1.82) is 0 Å². The summed E-state index contributed by atoms with van der Waals surface area (Å²) in [5, 5.41) is 30.1. The highest BCUT2D eigenvalue weighted by Gasteiger charge is 2.05. The van der Waals surface area contributed by atoms with Gasteiger partial charge in [0.1, 0.15) is 0 Å². The number of halogens is 1. The molecule has 0 amide bonds. The lowest BCUT2D eigenvalue weighted by molar-refractivity contribution is -0.385. The number of allylic oxidation sites excluding steroid dienone is 1. The molecule has 0 spiro atoms. The molecule has 8 nitrogen and oxygen atoms in total. The first kappa shape index (κ1) is 26.1. The summed E-state index contributed by atoms with van der Waals surface area (Å²) >= 11 is 3.13. The molecule has 0 aliphatic carbocycles. The minimum Gasteiger partial charge on any atom is -0.392 e. The number of ether oxygens (including phenoxy) is 1. The van der Waals surface area contributed by atoms with E-state index in [1.165, 1.54) is 24.3 Å². The Labute approximate surface area is 177 Å². The van der Waals surface area contributed by atoms with Gasteiger partial charge < -0.3 is 9.84 Å². The molecule has 0 heterocycles. The first-order chi connectivity index (χ1) is 13.9. The van der Waals surface area contributed by atoms with E-state index in [9.17, 15) is 20.2 Å².